The lowest BCUT2D eigenvalue weighted by atomic mass is 10.1. The molecule has 1 aromatic carbocycles. The van der Waals surface area contributed by atoms with E-state index in [1.807, 2.05) is 0 Å². The summed E-state index contributed by atoms with van der Waals surface area (Å²) in [6, 6.07) is 3.48. The minimum atomic E-state index is -1.23. The fourth-order valence-electron chi connectivity index (χ4n) is 2.04. The van der Waals surface area contributed by atoms with E-state index < -0.39 is 17.3 Å². The highest BCUT2D eigenvalue weighted by Crippen LogP contribution is 2.46. The predicted molar refractivity (Wildman–Crippen MR) is 78.4 cm³/mol. The van der Waals surface area contributed by atoms with Crippen LogP contribution in [0.25, 0.3) is 0 Å². The van der Waals surface area contributed by atoms with Gasteiger partial charge in [-0.3, -0.25) is 9.59 Å². The molecule has 1 aliphatic carbocycles. The summed E-state index contributed by atoms with van der Waals surface area (Å²) in [7, 11) is 3.06. The molecule has 2 rings (SSSR count). The maximum absolute atomic E-state index is 12.0. The molecule has 1 amide bonds. The Labute approximate surface area is 130 Å². The SMILES string of the molecule is COc1cc(Br)c(CNC(=O)C2(C(=O)O)CC2)cc1OC. The van der Waals surface area contributed by atoms with E-state index in [1.165, 1.54) is 14.2 Å². The number of carbonyl (C=O) groups is 2. The Kier molecular flexibility index (Phi) is 4.41. The number of ether oxygens (including phenoxy) is 2. The third-order valence-electron chi connectivity index (χ3n) is 3.59. The molecule has 1 aliphatic rings. The van der Waals surface area contributed by atoms with Crippen molar-refractivity contribution >= 4 is 27.8 Å². The fourth-order valence-corrected chi connectivity index (χ4v) is 2.50. The zero-order chi connectivity index (χ0) is 15.6. The fraction of sp³-hybridized carbons (Fsp3) is 0.429. The number of benzene rings is 1. The number of carboxylic acids is 1. The van der Waals surface area contributed by atoms with Crippen LogP contribution in [-0.4, -0.2) is 31.2 Å². The lowest BCUT2D eigenvalue weighted by Crippen LogP contribution is -2.36. The molecule has 0 radical (unpaired) electrons. The van der Waals surface area contributed by atoms with Crippen LogP contribution in [0.3, 0.4) is 0 Å². The Morgan fingerprint density at radius 2 is 1.86 bits per heavy atom. The first kappa shape index (κ1) is 15.6. The number of methoxy groups -OCH3 is 2. The van der Waals surface area contributed by atoms with E-state index >= 15 is 0 Å². The third kappa shape index (κ3) is 2.97. The molecule has 0 aliphatic heterocycles. The van der Waals surface area contributed by atoms with Crippen LogP contribution >= 0.6 is 15.9 Å². The predicted octanol–water partition coefficient (Wildman–Crippen LogP) is 1.95. The van der Waals surface area contributed by atoms with E-state index in [-0.39, 0.29) is 6.54 Å². The van der Waals surface area contributed by atoms with Gasteiger partial charge in [0.25, 0.3) is 0 Å². The second kappa shape index (κ2) is 5.93. The number of carbonyl (C=O) groups excluding carboxylic acids is 1. The van der Waals surface area contributed by atoms with Crippen molar-refractivity contribution < 1.29 is 24.2 Å². The molecular weight excluding hydrogens is 342 g/mol. The summed E-state index contributed by atoms with van der Waals surface area (Å²) in [5, 5.41) is 11.7. The standard InChI is InChI=1S/C14H16BrNO5/c1-20-10-5-8(9(15)6-11(10)21-2)7-16-12(17)14(3-4-14)13(18)19/h5-6H,3-4,7H2,1-2H3,(H,16,17)(H,18,19). The zero-order valence-corrected chi connectivity index (χ0v) is 13.3. The number of hydrogen-bond acceptors (Lipinski definition) is 4. The molecule has 0 bridgehead atoms. The summed E-state index contributed by atoms with van der Waals surface area (Å²) in [6.45, 7) is 0.217. The van der Waals surface area contributed by atoms with Crippen LogP contribution in [0.15, 0.2) is 16.6 Å². The maximum atomic E-state index is 12.0. The molecule has 2 N–H and O–H groups in total. The summed E-state index contributed by atoms with van der Waals surface area (Å²) in [5.74, 6) is -0.393. The van der Waals surface area contributed by atoms with Crippen molar-refractivity contribution in [2.45, 2.75) is 19.4 Å². The van der Waals surface area contributed by atoms with Crippen molar-refractivity contribution in [3.05, 3.63) is 22.2 Å². The summed E-state index contributed by atoms with van der Waals surface area (Å²) >= 11 is 3.39. The van der Waals surface area contributed by atoms with Crippen molar-refractivity contribution in [1.82, 2.24) is 5.32 Å². The molecule has 0 saturated heterocycles. The van der Waals surface area contributed by atoms with Crippen LogP contribution in [0.4, 0.5) is 0 Å². The number of hydrogen-bond donors (Lipinski definition) is 2. The monoisotopic (exact) mass is 357 g/mol. The van der Waals surface area contributed by atoms with E-state index in [0.717, 1.165) is 10.0 Å². The van der Waals surface area contributed by atoms with E-state index in [4.69, 9.17) is 14.6 Å². The number of nitrogens with one attached hydrogen (secondary N) is 1. The van der Waals surface area contributed by atoms with E-state index in [1.54, 1.807) is 12.1 Å². The molecule has 7 heteroatoms. The highest BCUT2D eigenvalue weighted by atomic mass is 79.9. The topological polar surface area (TPSA) is 84.9 Å². The van der Waals surface area contributed by atoms with Crippen molar-refractivity contribution in [1.29, 1.82) is 0 Å². The van der Waals surface area contributed by atoms with Crippen molar-refractivity contribution in [2.24, 2.45) is 5.41 Å². The number of rotatable bonds is 6. The van der Waals surface area contributed by atoms with Crippen molar-refractivity contribution in [2.75, 3.05) is 14.2 Å². The molecule has 21 heavy (non-hydrogen) atoms. The van der Waals surface area contributed by atoms with Gasteiger partial charge in [0.15, 0.2) is 11.5 Å². The van der Waals surface area contributed by atoms with Gasteiger partial charge in [-0.15, -0.1) is 0 Å². The summed E-state index contributed by atoms with van der Waals surface area (Å²) in [4.78, 5) is 23.0. The summed E-state index contributed by atoms with van der Waals surface area (Å²) in [6.07, 6.45) is 0.780. The molecule has 0 unspecified atom stereocenters. The van der Waals surface area contributed by atoms with E-state index in [9.17, 15) is 9.59 Å². The van der Waals surface area contributed by atoms with Crippen LogP contribution in [0.5, 0.6) is 11.5 Å². The highest BCUT2D eigenvalue weighted by molar-refractivity contribution is 9.10. The van der Waals surface area contributed by atoms with Gasteiger partial charge in [-0.1, -0.05) is 15.9 Å². The molecule has 1 aromatic rings. The van der Waals surface area contributed by atoms with Crippen LogP contribution < -0.4 is 14.8 Å². The molecule has 0 spiro atoms. The first-order valence-corrected chi connectivity index (χ1v) is 7.16. The normalized spacial score (nSPS) is 15.2. The van der Waals surface area contributed by atoms with Crippen molar-refractivity contribution in [3.8, 4) is 11.5 Å². The minimum absolute atomic E-state index is 0.217. The van der Waals surface area contributed by atoms with Gasteiger partial charge in [0, 0.05) is 11.0 Å². The molecule has 1 saturated carbocycles. The Morgan fingerprint density at radius 3 is 2.33 bits per heavy atom. The first-order valence-electron chi connectivity index (χ1n) is 6.36. The smallest absolute Gasteiger partial charge is 0.319 e. The Hall–Kier alpha value is -1.76. The maximum Gasteiger partial charge on any atom is 0.319 e. The second-order valence-electron chi connectivity index (χ2n) is 4.87. The van der Waals surface area contributed by atoms with Crippen LogP contribution in [0.2, 0.25) is 0 Å². The lowest BCUT2D eigenvalue weighted by molar-refractivity contribution is -0.149. The number of carboxylic acid groups (broad SMARTS) is 1. The molecular formula is C14H16BrNO5. The van der Waals surface area contributed by atoms with Gasteiger partial charge >= 0.3 is 5.97 Å². The lowest BCUT2D eigenvalue weighted by Gasteiger charge is -2.14. The first-order chi connectivity index (χ1) is 9.94. The molecule has 0 heterocycles. The quantitative estimate of drug-likeness (QED) is 0.760. The zero-order valence-electron chi connectivity index (χ0n) is 11.7. The van der Waals surface area contributed by atoms with Gasteiger partial charge in [0.2, 0.25) is 5.91 Å². The number of halogens is 1. The number of aliphatic carboxylic acids is 1. The Bertz CT molecular complexity index is 583. The third-order valence-corrected chi connectivity index (χ3v) is 4.32. The molecule has 6 nitrogen and oxygen atoms in total. The van der Waals surface area contributed by atoms with E-state index in [0.29, 0.717) is 24.3 Å². The second-order valence-corrected chi connectivity index (χ2v) is 5.72. The molecule has 1 fully saturated rings. The summed E-state index contributed by atoms with van der Waals surface area (Å²) < 4.78 is 11.1. The molecule has 0 aromatic heterocycles. The highest BCUT2D eigenvalue weighted by Gasteiger charge is 2.56. The Morgan fingerprint density at radius 1 is 1.29 bits per heavy atom. The van der Waals surface area contributed by atoms with Crippen LogP contribution in [0.1, 0.15) is 18.4 Å². The van der Waals surface area contributed by atoms with Gasteiger partial charge < -0.3 is 19.9 Å². The molecule has 114 valence electrons. The summed E-state index contributed by atoms with van der Waals surface area (Å²) in [5.41, 5.74) is -0.453. The van der Waals surface area contributed by atoms with Gasteiger partial charge in [-0.25, -0.2) is 0 Å². The average molecular weight is 358 g/mol. The Balaban J connectivity index is 2.10. The van der Waals surface area contributed by atoms with Gasteiger partial charge in [0.1, 0.15) is 5.41 Å². The van der Waals surface area contributed by atoms with Gasteiger partial charge in [-0.05, 0) is 30.5 Å². The van der Waals surface area contributed by atoms with Crippen LogP contribution in [0, 0.1) is 5.41 Å². The minimum Gasteiger partial charge on any atom is -0.493 e. The average Bonchev–Trinajstić information content (AvgIpc) is 3.26. The van der Waals surface area contributed by atoms with Gasteiger partial charge in [0.05, 0.1) is 14.2 Å². The number of amides is 1. The van der Waals surface area contributed by atoms with E-state index in [2.05, 4.69) is 21.2 Å². The van der Waals surface area contributed by atoms with Gasteiger partial charge in [-0.2, -0.15) is 0 Å². The largest absolute Gasteiger partial charge is 0.493 e. The van der Waals surface area contributed by atoms with Crippen molar-refractivity contribution in [3.63, 3.8) is 0 Å². The van der Waals surface area contributed by atoms with Crippen LogP contribution in [-0.2, 0) is 16.1 Å². The molecule has 0 atom stereocenters.